The average Bonchev–Trinajstić information content (AvgIpc) is 2.78. The minimum atomic E-state index is -0.203. The van der Waals surface area contributed by atoms with Gasteiger partial charge in [-0.1, -0.05) is 54.6 Å². The normalized spacial score (nSPS) is 10.3. The molecule has 3 rings (SSSR count). The van der Waals surface area contributed by atoms with Gasteiger partial charge in [0, 0.05) is 12.1 Å². The van der Waals surface area contributed by atoms with Crippen molar-refractivity contribution in [2.45, 2.75) is 20.0 Å². The number of carbonyl (C=O) groups is 2. The first-order valence-corrected chi connectivity index (χ1v) is 9.86. The second kappa shape index (κ2) is 10.8. The molecule has 0 aromatic heterocycles. The van der Waals surface area contributed by atoms with Crippen LogP contribution in [0.5, 0.6) is 11.5 Å². The Bertz CT molecular complexity index is 968. The summed E-state index contributed by atoms with van der Waals surface area (Å²) in [5.41, 5.74) is 2.79. The van der Waals surface area contributed by atoms with Crippen molar-refractivity contribution < 1.29 is 19.1 Å². The Labute approximate surface area is 176 Å². The van der Waals surface area contributed by atoms with Crippen LogP contribution in [-0.2, 0) is 17.8 Å². The molecule has 0 saturated heterocycles. The van der Waals surface area contributed by atoms with Gasteiger partial charge in [0.1, 0.15) is 18.1 Å². The van der Waals surface area contributed by atoms with Gasteiger partial charge < -0.3 is 14.8 Å². The number of nitrogens with one attached hydrogen (secondary N) is 1. The highest BCUT2D eigenvalue weighted by atomic mass is 16.5. The van der Waals surface area contributed by atoms with Crippen molar-refractivity contribution in [2.24, 2.45) is 0 Å². The quantitative estimate of drug-likeness (QED) is 0.515. The van der Waals surface area contributed by atoms with Crippen LogP contribution in [0.25, 0.3) is 0 Å². The van der Waals surface area contributed by atoms with Gasteiger partial charge in [-0.05, 0) is 48.7 Å². The summed E-state index contributed by atoms with van der Waals surface area (Å²) in [7, 11) is 0. The number of ether oxygens (including phenoxy) is 2. The lowest BCUT2D eigenvalue weighted by molar-refractivity contribution is -0.123. The van der Waals surface area contributed by atoms with Crippen LogP contribution in [0.15, 0.2) is 78.9 Å². The molecule has 154 valence electrons. The monoisotopic (exact) mass is 403 g/mol. The Balaban J connectivity index is 1.37. The van der Waals surface area contributed by atoms with Crippen molar-refractivity contribution in [3.05, 3.63) is 95.6 Å². The molecule has 1 N–H and O–H groups in total. The Hall–Kier alpha value is -3.60. The van der Waals surface area contributed by atoms with Crippen LogP contribution in [0.4, 0.5) is 0 Å². The molecule has 0 unspecified atom stereocenters. The lowest BCUT2D eigenvalue weighted by atomic mass is 10.1. The minimum Gasteiger partial charge on any atom is -0.489 e. The summed E-state index contributed by atoms with van der Waals surface area (Å²) in [5, 5.41) is 2.84. The fourth-order valence-electron chi connectivity index (χ4n) is 2.84. The number of amides is 1. The van der Waals surface area contributed by atoms with Crippen molar-refractivity contribution in [3.63, 3.8) is 0 Å². The highest BCUT2D eigenvalue weighted by Crippen LogP contribution is 2.15. The largest absolute Gasteiger partial charge is 0.489 e. The zero-order valence-electron chi connectivity index (χ0n) is 17.0. The van der Waals surface area contributed by atoms with E-state index in [4.69, 9.17) is 9.47 Å². The zero-order chi connectivity index (χ0) is 21.2. The van der Waals surface area contributed by atoms with Crippen molar-refractivity contribution in [3.8, 4) is 11.5 Å². The third-order valence-electron chi connectivity index (χ3n) is 4.52. The second-order valence-corrected chi connectivity index (χ2v) is 6.89. The van der Waals surface area contributed by atoms with Gasteiger partial charge >= 0.3 is 0 Å². The van der Waals surface area contributed by atoms with E-state index in [0.717, 1.165) is 16.9 Å². The van der Waals surface area contributed by atoms with Gasteiger partial charge in [0.05, 0.1) is 0 Å². The summed E-state index contributed by atoms with van der Waals surface area (Å²) in [6.45, 7) is 2.45. The van der Waals surface area contributed by atoms with Gasteiger partial charge in [0.15, 0.2) is 12.4 Å². The molecule has 0 aliphatic carbocycles. The van der Waals surface area contributed by atoms with E-state index >= 15 is 0 Å². The fourth-order valence-corrected chi connectivity index (χ4v) is 2.84. The van der Waals surface area contributed by atoms with Gasteiger partial charge in [0.25, 0.3) is 5.91 Å². The first-order chi connectivity index (χ1) is 14.6. The molecule has 0 saturated carbocycles. The number of carbonyl (C=O) groups excluding carboxylic acids is 2. The van der Waals surface area contributed by atoms with E-state index in [1.165, 1.54) is 6.92 Å². The van der Waals surface area contributed by atoms with Crippen molar-refractivity contribution in [1.82, 2.24) is 5.32 Å². The van der Waals surface area contributed by atoms with Gasteiger partial charge in [-0.3, -0.25) is 9.59 Å². The Morgan fingerprint density at radius 3 is 2.30 bits per heavy atom. The molecule has 5 nitrogen and oxygen atoms in total. The first kappa shape index (κ1) is 21.1. The lowest BCUT2D eigenvalue weighted by Crippen LogP contribution is -2.30. The Kier molecular flexibility index (Phi) is 7.61. The van der Waals surface area contributed by atoms with Crippen molar-refractivity contribution in [1.29, 1.82) is 0 Å². The van der Waals surface area contributed by atoms with Crippen molar-refractivity contribution in [2.75, 3.05) is 13.2 Å². The van der Waals surface area contributed by atoms with Crippen LogP contribution in [0.1, 0.15) is 28.4 Å². The smallest absolute Gasteiger partial charge is 0.257 e. The number of hydrogen-bond acceptors (Lipinski definition) is 4. The van der Waals surface area contributed by atoms with E-state index in [0.29, 0.717) is 30.9 Å². The van der Waals surface area contributed by atoms with Crippen LogP contribution in [-0.4, -0.2) is 24.8 Å². The highest BCUT2D eigenvalue weighted by Gasteiger charge is 2.05. The van der Waals surface area contributed by atoms with Gasteiger partial charge in [-0.15, -0.1) is 0 Å². The molecule has 0 spiro atoms. The van der Waals surface area contributed by atoms with E-state index in [9.17, 15) is 9.59 Å². The molecule has 0 radical (unpaired) electrons. The Morgan fingerprint density at radius 2 is 1.57 bits per heavy atom. The number of hydrogen-bond donors (Lipinski definition) is 1. The summed E-state index contributed by atoms with van der Waals surface area (Å²) in [4.78, 5) is 23.4. The van der Waals surface area contributed by atoms with E-state index in [2.05, 4.69) is 5.32 Å². The summed E-state index contributed by atoms with van der Waals surface area (Å²) in [5.74, 6) is 1.07. The molecule has 0 aliphatic heterocycles. The van der Waals surface area contributed by atoms with E-state index in [1.54, 1.807) is 24.3 Å². The maximum Gasteiger partial charge on any atom is 0.257 e. The SMILES string of the molecule is CC(=O)c1cccc(OCC(=O)NCCc2ccc(OCc3ccccc3)cc2)c1. The maximum atomic E-state index is 12.0. The van der Waals surface area contributed by atoms with Gasteiger partial charge in [0.2, 0.25) is 0 Å². The number of Topliss-reactive ketones (excluding diaryl/α,β-unsaturated/α-hetero) is 1. The summed E-state index contributed by atoms with van der Waals surface area (Å²) >= 11 is 0. The summed E-state index contributed by atoms with van der Waals surface area (Å²) in [6.07, 6.45) is 0.713. The molecule has 3 aromatic rings. The summed E-state index contributed by atoms with van der Waals surface area (Å²) in [6, 6.07) is 24.7. The molecular formula is C25H25NO4. The molecule has 3 aromatic carbocycles. The van der Waals surface area contributed by atoms with Gasteiger partial charge in [-0.25, -0.2) is 0 Å². The molecular weight excluding hydrogens is 378 g/mol. The molecule has 1 amide bonds. The zero-order valence-corrected chi connectivity index (χ0v) is 17.0. The fraction of sp³-hybridized carbons (Fsp3) is 0.200. The molecule has 0 fully saturated rings. The van der Waals surface area contributed by atoms with Crippen LogP contribution in [0.3, 0.4) is 0 Å². The predicted molar refractivity (Wildman–Crippen MR) is 116 cm³/mol. The highest BCUT2D eigenvalue weighted by molar-refractivity contribution is 5.94. The van der Waals surface area contributed by atoms with Crippen LogP contribution < -0.4 is 14.8 Å². The van der Waals surface area contributed by atoms with Crippen molar-refractivity contribution >= 4 is 11.7 Å². The Morgan fingerprint density at radius 1 is 0.800 bits per heavy atom. The molecule has 0 atom stereocenters. The number of rotatable bonds is 10. The second-order valence-electron chi connectivity index (χ2n) is 6.89. The van der Waals surface area contributed by atoms with Crippen LogP contribution in [0, 0.1) is 0 Å². The molecule has 0 bridgehead atoms. The van der Waals surface area contributed by atoms with E-state index in [1.807, 2.05) is 54.6 Å². The maximum absolute atomic E-state index is 12.0. The van der Waals surface area contributed by atoms with Crippen LogP contribution >= 0.6 is 0 Å². The average molecular weight is 403 g/mol. The first-order valence-electron chi connectivity index (χ1n) is 9.86. The molecule has 5 heteroatoms. The topological polar surface area (TPSA) is 64.6 Å². The van der Waals surface area contributed by atoms with E-state index in [-0.39, 0.29) is 18.3 Å². The summed E-state index contributed by atoms with van der Waals surface area (Å²) < 4.78 is 11.2. The van der Waals surface area contributed by atoms with Gasteiger partial charge in [-0.2, -0.15) is 0 Å². The minimum absolute atomic E-state index is 0.0404. The molecule has 0 aliphatic rings. The number of benzene rings is 3. The third-order valence-corrected chi connectivity index (χ3v) is 4.52. The molecule has 30 heavy (non-hydrogen) atoms. The number of ketones is 1. The van der Waals surface area contributed by atoms with Crippen LogP contribution in [0.2, 0.25) is 0 Å². The third kappa shape index (κ3) is 6.78. The van der Waals surface area contributed by atoms with E-state index < -0.39 is 0 Å². The standard InChI is InChI=1S/C25H25NO4/c1-19(27)22-8-5-9-24(16-22)30-18-25(28)26-15-14-20-10-12-23(13-11-20)29-17-21-6-3-2-4-7-21/h2-13,16H,14-15,17-18H2,1H3,(H,26,28). The lowest BCUT2D eigenvalue weighted by Gasteiger charge is -2.09. The molecule has 0 heterocycles. The predicted octanol–water partition coefficient (Wildman–Crippen LogP) is 4.21.